The van der Waals surface area contributed by atoms with Crippen molar-refractivity contribution in [3.8, 4) is 0 Å². The van der Waals surface area contributed by atoms with Crippen LogP contribution in [0, 0.1) is 0 Å². The van der Waals surface area contributed by atoms with E-state index in [0.717, 1.165) is 16.2 Å². The molecule has 1 aromatic rings. The van der Waals surface area contributed by atoms with Gasteiger partial charge in [-0.05, 0) is 17.5 Å². The minimum absolute atomic E-state index is 0.131. The van der Waals surface area contributed by atoms with Crippen molar-refractivity contribution in [3.05, 3.63) is 21.9 Å². The zero-order valence-electron chi connectivity index (χ0n) is 8.85. The molecule has 1 aromatic heterocycles. The summed E-state index contributed by atoms with van der Waals surface area (Å²) in [5.74, 6) is 0. The van der Waals surface area contributed by atoms with Crippen LogP contribution in [0.25, 0.3) is 0 Å². The first-order valence-corrected chi connectivity index (χ1v) is 5.36. The molecular formula is C10H14F3NS. The van der Waals surface area contributed by atoms with Crippen LogP contribution in [0.5, 0.6) is 0 Å². The monoisotopic (exact) mass is 237 g/mol. The fourth-order valence-corrected chi connectivity index (χ4v) is 2.18. The van der Waals surface area contributed by atoms with E-state index >= 15 is 0 Å². The van der Waals surface area contributed by atoms with E-state index in [1.165, 1.54) is 6.07 Å². The summed E-state index contributed by atoms with van der Waals surface area (Å²) in [4.78, 5) is 1.09. The summed E-state index contributed by atoms with van der Waals surface area (Å²) in [6, 6.07) is 1.31. The molecule has 0 bridgehead atoms. The fourth-order valence-electron chi connectivity index (χ4n) is 1.08. The lowest BCUT2D eigenvalue weighted by Gasteiger charge is -2.16. The van der Waals surface area contributed by atoms with E-state index in [2.05, 4.69) is 0 Å². The fraction of sp³-hybridized carbons (Fsp3) is 0.600. The topological polar surface area (TPSA) is 26.0 Å². The number of alkyl halides is 3. The van der Waals surface area contributed by atoms with E-state index in [1.54, 1.807) is 6.07 Å². The molecule has 0 spiro atoms. The first-order chi connectivity index (χ1) is 6.62. The molecule has 1 unspecified atom stereocenters. The van der Waals surface area contributed by atoms with Crippen LogP contribution in [0.4, 0.5) is 13.2 Å². The maximum absolute atomic E-state index is 12.3. The first-order valence-electron chi connectivity index (χ1n) is 4.55. The molecule has 1 heterocycles. The maximum atomic E-state index is 12.3. The van der Waals surface area contributed by atoms with Crippen LogP contribution in [-0.2, 0) is 5.41 Å². The lowest BCUT2D eigenvalue weighted by Crippen LogP contribution is -2.27. The van der Waals surface area contributed by atoms with Gasteiger partial charge in [0, 0.05) is 9.75 Å². The molecule has 1 nitrogen and oxygen atoms in total. The lowest BCUT2D eigenvalue weighted by molar-refractivity contribution is -0.148. The molecule has 0 aliphatic heterocycles. The molecule has 0 amide bonds. The third-order valence-corrected chi connectivity index (χ3v) is 3.62. The SMILES string of the molecule is CC(C)(C)c1ccc(C(N)C(F)(F)F)s1. The molecule has 86 valence electrons. The van der Waals surface area contributed by atoms with Gasteiger partial charge in [-0.2, -0.15) is 13.2 Å². The number of thiophene rings is 1. The predicted molar refractivity (Wildman–Crippen MR) is 56.0 cm³/mol. The van der Waals surface area contributed by atoms with Gasteiger partial charge in [0.1, 0.15) is 6.04 Å². The molecule has 15 heavy (non-hydrogen) atoms. The Hall–Kier alpha value is -0.550. The second-order valence-electron chi connectivity index (χ2n) is 4.47. The van der Waals surface area contributed by atoms with Gasteiger partial charge in [0.15, 0.2) is 0 Å². The smallest absolute Gasteiger partial charge is 0.316 e. The van der Waals surface area contributed by atoms with E-state index in [0.29, 0.717) is 0 Å². The highest BCUT2D eigenvalue weighted by atomic mass is 32.1. The number of halogens is 3. The molecule has 2 N–H and O–H groups in total. The molecule has 0 aliphatic carbocycles. The Labute approximate surface area is 91.1 Å². The summed E-state index contributed by atoms with van der Waals surface area (Å²) < 4.78 is 37.0. The molecule has 5 heteroatoms. The average Bonchev–Trinajstić information content (AvgIpc) is 2.47. The van der Waals surface area contributed by atoms with Crippen LogP contribution in [-0.4, -0.2) is 6.18 Å². The Morgan fingerprint density at radius 1 is 1.20 bits per heavy atom. The first kappa shape index (κ1) is 12.5. The molecule has 0 saturated heterocycles. The largest absolute Gasteiger partial charge is 0.408 e. The van der Waals surface area contributed by atoms with Crippen LogP contribution in [0.15, 0.2) is 12.1 Å². The molecular weight excluding hydrogens is 223 g/mol. The van der Waals surface area contributed by atoms with Gasteiger partial charge in [-0.15, -0.1) is 11.3 Å². The highest BCUT2D eigenvalue weighted by molar-refractivity contribution is 7.12. The van der Waals surface area contributed by atoms with Gasteiger partial charge in [0.05, 0.1) is 0 Å². The summed E-state index contributed by atoms with van der Waals surface area (Å²) in [6.45, 7) is 5.88. The average molecular weight is 237 g/mol. The van der Waals surface area contributed by atoms with Crippen molar-refractivity contribution in [1.29, 1.82) is 0 Å². The number of hydrogen-bond acceptors (Lipinski definition) is 2. The van der Waals surface area contributed by atoms with E-state index < -0.39 is 12.2 Å². The summed E-state index contributed by atoms with van der Waals surface area (Å²) in [6.07, 6.45) is -4.36. The highest BCUT2D eigenvalue weighted by Gasteiger charge is 2.39. The normalized spacial score (nSPS) is 15.4. The van der Waals surface area contributed by atoms with Crippen molar-refractivity contribution < 1.29 is 13.2 Å². The number of hydrogen-bond donors (Lipinski definition) is 1. The summed E-state index contributed by atoms with van der Waals surface area (Å²) in [7, 11) is 0. The Bertz CT molecular complexity index is 335. The maximum Gasteiger partial charge on any atom is 0.408 e. The summed E-state index contributed by atoms with van der Waals surface area (Å²) in [5, 5.41) is 0. The molecule has 0 fully saturated rings. The Balaban J connectivity index is 2.95. The van der Waals surface area contributed by atoms with Gasteiger partial charge in [-0.1, -0.05) is 20.8 Å². The third-order valence-electron chi connectivity index (χ3n) is 2.03. The van der Waals surface area contributed by atoms with Crippen LogP contribution in [0.1, 0.15) is 36.6 Å². The van der Waals surface area contributed by atoms with E-state index in [1.807, 2.05) is 20.8 Å². The molecule has 1 rings (SSSR count). The van der Waals surface area contributed by atoms with Gasteiger partial charge in [0.2, 0.25) is 0 Å². The molecule has 0 aromatic carbocycles. The lowest BCUT2D eigenvalue weighted by atomic mass is 9.95. The second-order valence-corrected chi connectivity index (χ2v) is 5.59. The van der Waals surface area contributed by atoms with Gasteiger partial charge >= 0.3 is 6.18 Å². The van der Waals surface area contributed by atoms with E-state index in [-0.39, 0.29) is 10.3 Å². The van der Waals surface area contributed by atoms with Crippen molar-refractivity contribution in [2.75, 3.05) is 0 Å². The Morgan fingerprint density at radius 3 is 2.07 bits per heavy atom. The van der Waals surface area contributed by atoms with Crippen molar-refractivity contribution in [3.63, 3.8) is 0 Å². The number of nitrogens with two attached hydrogens (primary N) is 1. The van der Waals surface area contributed by atoms with E-state index in [9.17, 15) is 13.2 Å². The van der Waals surface area contributed by atoms with Gasteiger partial charge in [-0.25, -0.2) is 0 Å². The van der Waals surface area contributed by atoms with Gasteiger partial charge < -0.3 is 5.73 Å². The minimum atomic E-state index is -4.36. The predicted octanol–water partition coefficient (Wildman–Crippen LogP) is 3.61. The minimum Gasteiger partial charge on any atom is -0.316 e. The van der Waals surface area contributed by atoms with Gasteiger partial charge in [-0.3, -0.25) is 0 Å². The molecule has 1 atom stereocenters. The number of rotatable bonds is 1. The standard InChI is InChI=1S/C10H14F3NS/c1-9(2,3)7-5-4-6(15-7)8(14)10(11,12)13/h4-5,8H,14H2,1-3H3. The van der Waals surface area contributed by atoms with Crippen molar-refractivity contribution in [2.24, 2.45) is 5.73 Å². The Morgan fingerprint density at radius 2 is 1.73 bits per heavy atom. The summed E-state index contributed by atoms with van der Waals surface area (Å²) >= 11 is 1.13. The van der Waals surface area contributed by atoms with Crippen molar-refractivity contribution >= 4 is 11.3 Å². The van der Waals surface area contributed by atoms with E-state index in [4.69, 9.17) is 5.73 Å². The van der Waals surface area contributed by atoms with Gasteiger partial charge in [0.25, 0.3) is 0 Å². The highest BCUT2D eigenvalue weighted by Crippen LogP contribution is 2.37. The third kappa shape index (κ3) is 2.95. The van der Waals surface area contributed by atoms with Crippen LogP contribution < -0.4 is 5.73 Å². The zero-order chi connectivity index (χ0) is 11.9. The van der Waals surface area contributed by atoms with Crippen LogP contribution in [0.2, 0.25) is 0 Å². The Kier molecular flexibility index (Phi) is 3.16. The van der Waals surface area contributed by atoms with Crippen LogP contribution in [0.3, 0.4) is 0 Å². The molecule has 0 aliphatic rings. The zero-order valence-corrected chi connectivity index (χ0v) is 9.67. The molecule has 0 saturated carbocycles. The van der Waals surface area contributed by atoms with Crippen LogP contribution >= 0.6 is 11.3 Å². The van der Waals surface area contributed by atoms with Crippen molar-refractivity contribution in [1.82, 2.24) is 0 Å². The quantitative estimate of drug-likeness (QED) is 0.793. The van der Waals surface area contributed by atoms with Crippen molar-refractivity contribution in [2.45, 2.75) is 38.4 Å². The summed E-state index contributed by atoms with van der Waals surface area (Å²) in [5.41, 5.74) is 4.98. The molecule has 0 radical (unpaired) electrons. The second kappa shape index (κ2) is 3.79.